The van der Waals surface area contributed by atoms with Gasteiger partial charge in [-0.05, 0) is 11.6 Å². The Morgan fingerprint density at radius 3 is 2.88 bits per heavy atom. The molecule has 0 bridgehead atoms. The van der Waals surface area contributed by atoms with Gasteiger partial charge in [0.05, 0.1) is 19.3 Å². The minimum atomic E-state index is -0.638. The summed E-state index contributed by atoms with van der Waals surface area (Å²) in [5.74, 6) is -0.297. The van der Waals surface area contributed by atoms with Gasteiger partial charge in [-0.1, -0.05) is 24.3 Å². The first-order valence-electron chi connectivity index (χ1n) is 8.61. The summed E-state index contributed by atoms with van der Waals surface area (Å²) in [7, 11) is 1.99. The highest BCUT2D eigenvalue weighted by molar-refractivity contribution is 5.85. The number of hydrogen-bond acceptors (Lipinski definition) is 3. The number of rotatable bonds is 3. The molecule has 1 aliphatic rings. The molecular weight excluding hydrogens is 332 g/mol. The van der Waals surface area contributed by atoms with E-state index >= 15 is 0 Å². The van der Waals surface area contributed by atoms with Gasteiger partial charge in [-0.15, -0.1) is 6.58 Å². The molecular formula is C19H21N4O3+. The second-order valence-corrected chi connectivity index (χ2v) is 6.74. The quantitative estimate of drug-likeness (QED) is 0.502. The first-order valence-corrected chi connectivity index (χ1v) is 8.61. The Balaban J connectivity index is 2.00. The van der Waals surface area contributed by atoms with Crippen molar-refractivity contribution in [1.82, 2.24) is 14.5 Å². The Labute approximate surface area is 149 Å². The third kappa shape index (κ3) is 2.32. The molecule has 7 heteroatoms. The molecule has 1 aliphatic heterocycles. The monoisotopic (exact) mass is 353 g/mol. The normalized spacial score (nSPS) is 19.4. The molecule has 3 aromatic rings. The predicted octanol–water partition coefficient (Wildman–Crippen LogP) is 0.0697. The molecule has 26 heavy (non-hydrogen) atoms. The molecule has 1 aromatic carbocycles. The van der Waals surface area contributed by atoms with E-state index in [1.807, 2.05) is 25.2 Å². The van der Waals surface area contributed by atoms with Crippen molar-refractivity contribution < 1.29 is 10.0 Å². The third-order valence-electron chi connectivity index (χ3n) is 5.20. The highest BCUT2D eigenvalue weighted by Crippen LogP contribution is 2.32. The van der Waals surface area contributed by atoms with Gasteiger partial charge in [0.2, 0.25) is 5.88 Å². The number of likely N-dealkylation sites (N-methyl/N-ethyl adjacent to an activating group) is 1. The maximum absolute atomic E-state index is 12.6. The smallest absolute Gasteiger partial charge is 0.331 e. The minimum absolute atomic E-state index is 0.125. The van der Waals surface area contributed by atoms with Crippen LogP contribution >= 0.6 is 0 Å². The fourth-order valence-corrected chi connectivity index (χ4v) is 3.97. The number of aromatic hydroxyl groups is 1. The van der Waals surface area contributed by atoms with E-state index < -0.39 is 11.2 Å². The molecule has 2 atom stereocenters. The Morgan fingerprint density at radius 1 is 1.35 bits per heavy atom. The van der Waals surface area contributed by atoms with Gasteiger partial charge in [-0.25, -0.2) is 4.79 Å². The number of para-hydroxylation sites is 1. The number of nitrogens with zero attached hydrogens (tertiary/aromatic N) is 1. The van der Waals surface area contributed by atoms with Crippen molar-refractivity contribution >= 4 is 10.9 Å². The summed E-state index contributed by atoms with van der Waals surface area (Å²) < 4.78 is 1.13. The van der Waals surface area contributed by atoms with Crippen molar-refractivity contribution in [3.63, 3.8) is 0 Å². The molecule has 0 amide bonds. The molecule has 0 radical (unpaired) electrons. The number of aromatic amines is 2. The predicted molar refractivity (Wildman–Crippen MR) is 98.8 cm³/mol. The summed E-state index contributed by atoms with van der Waals surface area (Å²) in [5.41, 5.74) is 2.10. The Hall–Kier alpha value is -3.06. The summed E-state index contributed by atoms with van der Waals surface area (Å²) in [6.45, 7) is 4.55. The lowest BCUT2D eigenvalue weighted by Crippen LogP contribution is -3.10. The third-order valence-corrected chi connectivity index (χ3v) is 5.20. The molecule has 0 aliphatic carbocycles. The van der Waals surface area contributed by atoms with Crippen molar-refractivity contribution in [3.8, 4) is 5.88 Å². The number of hydrogen-bond donors (Lipinski definition) is 4. The van der Waals surface area contributed by atoms with Crippen LogP contribution in [0.1, 0.15) is 22.9 Å². The highest BCUT2D eigenvalue weighted by Gasteiger charge is 2.37. The van der Waals surface area contributed by atoms with Gasteiger partial charge in [0, 0.05) is 23.9 Å². The molecule has 0 saturated heterocycles. The highest BCUT2D eigenvalue weighted by atomic mass is 16.3. The zero-order chi connectivity index (χ0) is 18.4. The Bertz CT molecular complexity index is 1120. The second kappa shape index (κ2) is 6.03. The first kappa shape index (κ1) is 16.4. The van der Waals surface area contributed by atoms with Crippen LogP contribution in [0.15, 0.2) is 46.5 Å². The van der Waals surface area contributed by atoms with E-state index in [1.54, 1.807) is 0 Å². The lowest BCUT2D eigenvalue weighted by Gasteiger charge is -2.30. The number of benzene rings is 1. The maximum Gasteiger partial charge on any atom is 0.331 e. The number of H-pyrrole nitrogens is 2. The average Bonchev–Trinajstić information content (AvgIpc) is 2.99. The topological polar surface area (TPSA) is 95.3 Å². The van der Waals surface area contributed by atoms with E-state index in [-0.39, 0.29) is 24.0 Å². The zero-order valence-corrected chi connectivity index (χ0v) is 14.5. The fourth-order valence-electron chi connectivity index (χ4n) is 3.97. The van der Waals surface area contributed by atoms with Gasteiger partial charge >= 0.3 is 5.69 Å². The molecule has 0 saturated carbocycles. The molecule has 4 rings (SSSR count). The van der Waals surface area contributed by atoms with Gasteiger partial charge < -0.3 is 15.0 Å². The van der Waals surface area contributed by atoms with E-state index in [4.69, 9.17) is 0 Å². The van der Waals surface area contributed by atoms with Crippen molar-refractivity contribution in [2.45, 2.75) is 19.0 Å². The number of aromatic nitrogens is 3. The molecule has 0 spiro atoms. The second-order valence-electron chi connectivity index (χ2n) is 6.74. The minimum Gasteiger partial charge on any atom is -0.494 e. The average molecular weight is 353 g/mol. The van der Waals surface area contributed by atoms with Crippen molar-refractivity contribution in [1.29, 1.82) is 0 Å². The lowest BCUT2D eigenvalue weighted by molar-refractivity contribution is -0.908. The molecule has 1 unspecified atom stereocenters. The zero-order valence-electron chi connectivity index (χ0n) is 14.5. The van der Waals surface area contributed by atoms with Crippen LogP contribution in [-0.4, -0.2) is 33.2 Å². The molecule has 2 aromatic heterocycles. The van der Waals surface area contributed by atoms with Gasteiger partial charge in [-0.2, -0.15) is 0 Å². The van der Waals surface area contributed by atoms with Crippen LogP contribution in [0.3, 0.4) is 0 Å². The van der Waals surface area contributed by atoms with Crippen LogP contribution < -0.4 is 16.1 Å². The van der Waals surface area contributed by atoms with Crippen LogP contribution in [0.2, 0.25) is 0 Å². The van der Waals surface area contributed by atoms with E-state index in [0.29, 0.717) is 0 Å². The summed E-state index contributed by atoms with van der Waals surface area (Å²) in [6.07, 6.45) is 2.39. The fraction of sp³-hybridized carbons (Fsp3) is 0.263. The Morgan fingerprint density at radius 2 is 2.12 bits per heavy atom. The molecule has 7 nitrogen and oxygen atoms in total. The molecule has 3 heterocycles. The number of nitrogens with one attached hydrogen (secondary N) is 3. The van der Waals surface area contributed by atoms with Gasteiger partial charge in [-0.3, -0.25) is 14.3 Å². The van der Waals surface area contributed by atoms with Crippen LogP contribution in [0.5, 0.6) is 5.88 Å². The van der Waals surface area contributed by atoms with Crippen molar-refractivity contribution in [2.24, 2.45) is 0 Å². The van der Waals surface area contributed by atoms with Gasteiger partial charge in [0.25, 0.3) is 5.56 Å². The molecule has 0 fully saturated rings. The first-order chi connectivity index (χ1) is 12.5. The van der Waals surface area contributed by atoms with Gasteiger partial charge in [0.15, 0.2) is 6.04 Å². The summed E-state index contributed by atoms with van der Waals surface area (Å²) in [6, 6.07) is 7.63. The summed E-state index contributed by atoms with van der Waals surface area (Å²) in [5, 5.41) is 11.9. The van der Waals surface area contributed by atoms with Crippen LogP contribution in [-0.2, 0) is 13.0 Å². The molecule has 4 N–H and O–H groups in total. The number of allylic oxidation sites excluding steroid dienone is 1. The van der Waals surface area contributed by atoms with Crippen LogP contribution in [0.25, 0.3) is 10.9 Å². The summed E-state index contributed by atoms with van der Waals surface area (Å²) >= 11 is 0. The standard InChI is InChI=1S/C19H20N4O3/c1-3-9-23-18(25)14(17(24)21-19(23)26)16-15-12(8-10-22(16)2)11-6-4-5-7-13(11)20-15/h3-7,16,20,25H,1,8-10H2,2H3,(H,21,24,26)/p+1/t16-/m0/s1. The van der Waals surface area contributed by atoms with E-state index in [1.165, 1.54) is 6.08 Å². The number of fused-ring (bicyclic) bond motifs is 3. The Kier molecular flexibility index (Phi) is 3.81. The van der Waals surface area contributed by atoms with Crippen molar-refractivity contribution in [2.75, 3.05) is 13.6 Å². The SMILES string of the molecule is C=CCn1c(O)c([C@H]2c3[nH]c4ccccc4c3CC[NH+]2C)c(=O)[nH]c1=O. The maximum atomic E-state index is 12.6. The largest absolute Gasteiger partial charge is 0.494 e. The van der Waals surface area contributed by atoms with Crippen molar-refractivity contribution in [3.05, 3.63) is 74.6 Å². The lowest BCUT2D eigenvalue weighted by atomic mass is 9.94. The summed E-state index contributed by atoms with van der Waals surface area (Å²) in [4.78, 5) is 31.5. The van der Waals surface area contributed by atoms with E-state index in [2.05, 4.69) is 22.6 Å². The van der Waals surface area contributed by atoms with Gasteiger partial charge in [0.1, 0.15) is 5.56 Å². The van der Waals surface area contributed by atoms with Crippen LogP contribution in [0.4, 0.5) is 0 Å². The van der Waals surface area contributed by atoms with E-state index in [0.717, 1.165) is 44.6 Å². The van der Waals surface area contributed by atoms with E-state index in [9.17, 15) is 14.7 Å². The molecule has 134 valence electrons. The van der Waals surface area contributed by atoms with Crippen LogP contribution in [0, 0.1) is 0 Å². The number of quaternary nitrogens is 1.